The molecule has 3 rings (SSSR count). The molecule has 0 atom stereocenters. The fourth-order valence-corrected chi connectivity index (χ4v) is 2.81. The van der Waals surface area contributed by atoms with Crippen molar-refractivity contribution in [3.8, 4) is 27.4 Å². The third-order valence-electron chi connectivity index (χ3n) is 3.31. The van der Waals surface area contributed by atoms with Gasteiger partial charge in [0.2, 0.25) is 0 Å². The lowest BCUT2D eigenvalue weighted by Crippen LogP contribution is -2.27. The zero-order valence-electron chi connectivity index (χ0n) is 13.2. The lowest BCUT2D eigenvalue weighted by molar-refractivity contribution is 0.200. The Kier molecular flexibility index (Phi) is 5.18. The van der Waals surface area contributed by atoms with Crippen molar-refractivity contribution in [1.82, 2.24) is 15.3 Å². The van der Waals surface area contributed by atoms with Gasteiger partial charge in [-0.3, -0.25) is 4.98 Å². The van der Waals surface area contributed by atoms with Crippen molar-refractivity contribution in [3.05, 3.63) is 54.3 Å². The minimum Gasteiger partial charge on any atom is -0.410 e. The maximum absolute atomic E-state index is 11.7. The van der Waals surface area contributed by atoms with E-state index >= 15 is 0 Å². The maximum atomic E-state index is 11.7. The van der Waals surface area contributed by atoms with Gasteiger partial charge in [0.05, 0.1) is 0 Å². The number of thiazole rings is 1. The largest absolute Gasteiger partial charge is 0.412 e. The number of carbonyl (C=O) groups is 1. The zero-order valence-corrected chi connectivity index (χ0v) is 14.0. The number of nitrogens with one attached hydrogen (secondary N) is 1. The highest BCUT2D eigenvalue weighted by molar-refractivity contribution is 7.13. The molecular weight excluding hydrogens is 322 g/mol. The normalized spacial score (nSPS) is 10.4. The maximum Gasteiger partial charge on any atom is 0.412 e. The molecule has 0 saturated carbocycles. The Bertz CT molecular complexity index is 819. The zero-order chi connectivity index (χ0) is 16.8. The van der Waals surface area contributed by atoms with Crippen LogP contribution in [0.3, 0.4) is 0 Å². The second-order valence-electron chi connectivity index (χ2n) is 5.14. The number of carbonyl (C=O) groups excluding carboxylic acids is 1. The number of amides is 1. The predicted molar refractivity (Wildman–Crippen MR) is 95.1 cm³/mol. The first-order valence-corrected chi connectivity index (χ1v) is 8.55. The molecule has 0 unspecified atom stereocenters. The van der Waals surface area contributed by atoms with Crippen LogP contribution in [-0.4, -0.2) is 22.6 Å². The monoisotopic (exact) mass is 339 g/mol. The Hall–Kier alpha value is -2.73. The molecule has 0 bridgehead atoms. The molecule has 1 amide bonds. The van der Waals surface area contributed by atoms with Crippen LogP contribution >= 0.6 is 11.3 Å². The van der Waals surface area contributed by atoms with Crippen LogP contribution in [0.25, 0.3) is 21.7 Å². The summed E-state index contributed by atoms with van der Waals surface area (Å²) in [5, 5.41) is 5.55. The average Bonchev–Trinajstić information content (AvgIpc) is 3.15. The van der Waals surface area contributed by atoms with Crippen molar-refractivity contribution < 1.29 is 9.53 Å². The molecule has 5 nitrogen and oxygen atoms in total. The number of hydrogen-bond donors (Lipinski definition) is 1. The smallest absolute Gasteiger partial charge is 0.410 e. The minimum atomic E-state index is -0.441. The number of benzene rings is 1. The highest BCUT2D eigenvalue weighted by Gasteiger charge is 2.07. The van der Waals surface area contributed by atoms with Gasteiger partial charge in [0.25, 0.3) is 0 Å². The molecule has 0 spiro atoms. The number of hydrogen-bond acceptors (Lipinski definition) is 5. The quantitative estimate of drug-likeness (QED) is 0.749. The molecule has 2 aromatic heterocycles. The second kappa shape index (κ2) is 7.70. The molecule has 6 heteroatoms. The van der Waals surface area contributed by atoms with Gasteiger partial charge in [-0.15, -0.1) is 11.3 Å². The number of aromatic nitrogens is 2. The topological polar surface area (TPSA) is 64.1 Å². The molecular formula is C18H17N3O2S. The van der Waals surface area contributed by atoms with Gasteiger partial charge in [-0.1, -0.05) is 19.1 Å². The molecule has 1 aromatic carbocycles. The Morgan fingerprint density at radius 2 is 2.08 bits per heavy atom. The van der Waals surface area contributed by atoms with Crippen LogP contribution in [0, 0.1) is 0 Å². The van der Waals surface area contributed by atoms with Crippen molar-refractivity contribution >= 4 is 17.4 Å². The molecule has 0 radical (unpaired) electrons. The molecule has 3 aromatic rings. The van der Waals surface area contributed by atoms with E-state index in [2.05, 4.69) is 15.3 Å². The van der Waals surface area contributed by atoms with Gasteiger partial charge < -0.3 is 10.1 Å². The van der Waals surface area contributed by atoms with E-state index in [1.165, 1.54) is 0 Å². The second-order valence-corrected chi connectivity index (χ2v) is 6.04. The number of rotatable bonds is 5. The third-order valence-corrected chi connectivity index (χ3v) is 4.14. The summed E-state index contributed by atoms with van der Waals surface area (Å²) in [5.74, 6) is 0.501. The van der Waals surface area contributed by atoms with Crippen LogP contribution in [0.15, 0.2) is 54.3 Å². The van der Waals surface area contributed by atoms with E-state index in [0.717, 1.165) is 28.1 Å². The van der Waals surface area contributed by atoms with Crippen LogP contribution in [0.1, 0.15) is 13.3 Å². The average molecular weight is 339 g/mol. The lowest BCUT2D eigenvalue weighted by atomic mass is 10.1. The van der Waals surface area contributed by atoms with Gasteiger partial charge in [-0.05, 0) is 30.2 Å². The summed E-state index contributed by atoms with van der Waals surface area (Å²) in [7, 11) is 0. The van der Waals surface area contributed by atoms with E-state index in [0.29, 0.717) is 12.3 Å². The van der Waals surface area contributed by atoms with Gasteiger partial charge >= 0.3 is 6.09 Å². The summed E-state index contributed by atoms with van der Waals surface area (Å²) in [6.45, 7) is 2.58. The number of pyridine rings is 1. The Labute approximate surface area is 144 Å². The summed E-state index contributed by atoms with van der Waals surface area (Å²) in [6.07, 6.45) is 5.78. The first-order valence-electron chi connectivity index (χ1n) is 7.67. The van der Waals surface area contributed by atoms with Gasteiger partial charge in [-0.2, -0.15) is 0 Å². The highest BCUT2D eigenvalue weighted by atomic mass is 32.1. The molecule has 0 saturated heterocycles. The van der Waals surface area contributed by atoms with Crippen molar-refractivity contribution in [2.75, 3.05) is 6.54 Å². The van der Waals surface area contributed by atoms with E-state index < -0.39 is 6.09 Å². The SMILES string of the molecule is CCCNC(=O)Oc1cccc(-c2cncc(-c3nccs3)c2)c1. The Morgan fingerprint density at radius 1 is 1.21 bits per heavy atom. The van der Waals surface area contributed by atoms with E-state index in [1.54, 1.807) is 36.0 Å². The van der Waals surface area contributed by atoms with Gasteiger partial charge in [0, 0.05) is 41.6 Å². The molecule has 24 heavy (non-hydrogen) atoms. The van der Waals surface area contributed by atoms with Crippen LogP contribution < -0.4 is 10.1 Å². The molecule has 0 aliphatic carbocycles. The molecule has 1 N–H and O–H groups in total. The highest BCUT2D eigenvalue weighted by Crippen LogP contribution is 2.28. The fraction of sp³-hybridized carbons (Fsp3) is 0.167. The van der Waals surface area contributed by atoms with Crippen LogP contribution in [-0.2, 0) is 0 Å². The van der Waals surface area contributed by atoms with E-state index in [9.17, 15) is 4.79 Å². The van der Waals surface area contributed by atoms with E-state index in [-0.39, 0.29) is 0 Å². The molecule has 122 valence electrons. The number of ether oxygens (including phenoxy) is 1. The van der Waals surface area contributed by atoms with E-state index in [1.807, 2.05) is 36.6 Å². The van der Waals surface area contributed by atoms with Crippen molar-refractivity contribution in [3.63, 3.8) is 0 Å². The third kappa shape index (κ3) is 3.97. The van der Waals surface area contributed by atoms with Gasteiger partial charge in [0.1, 0.15) is 10.8 Å². The van der Waals surface area contributed by atoms with Gasteiger partial charge in [0.15, 0.2) is 0 Å². The summed E-state index contributed by atoms with van der Waals surface area (Å²) in [5.41, 5.74) is 2.85. The molecule has 2 heterocycles. The first kappa shape index (κ1) is 16.1. The van der Waals surface area contributed by atoms with E-state index in [4.69, 9.17) is 4.74 Å². The first-order chi connectivity index (χ1) is 11.8. The molecule has 0 fully saturated rings. The minimum absolute atomic E-state index is 0.441. The summed E-state index contributed by atoms with van der Waals surface area (Å²) in [6, 6.07) is 9.43. The van der Waals surface area contributed by atoms with Gasteiger partial charge in [-0.25, -0.2) is 9.78 Å². The predicted octanol–water partition coefficient (Wildman–Crippen LogP) is 4.37. The standard InChI is InChI=1S/C18H17N3O2S/c1-2-6-21-18(22)23-16-5-3-4-13(10-16)14-9-15(12-19-11-14)17-20-7-8-24-17/h3-5,7-12H,2,6H2,1H3,(H,21,22). The van der Waals surface area contributed by atoms with Crippen LogP contribution in [0.4, 0.5) is 4.79 Å². The summed E-state index contributed by atoms with van der Waals surface area (Å²) >= 11 is 1.57. The lowest BCUT2D eigenvalue weighted by Gasteiger charge is -2.08. The van der Waals surface area contributed by atoms with Crippen molar-refractivity contribution in [2.45, 2.75) is 13.3 Å². The molecule has 0 aliphatic heterocycles. The van der Waals surface area contributed by atoms with Crippen LogP contribution in [0.2, 0.25) is 0 Å². The Morgan fingerprint density at radius 3 is 2.88 bits per heavy atom. The van der Waals surface area contributed by atoms with Crippen molar-refractivity contribution in [1.29, 1.82) is 0 Å². The summed E-state index contributed by atoms with van der Waals surface area (Å²) in [4.78, 5) is 20.3. The van der Waals surface area contributed by atoms with Crippen LogP contribution in [0.5, 0.6) is 5.75 Å². The van der Waals surface area contributed by atoms with Crippen molar-refractivity contribution in [2.24, 2.45) is 0 Å². The Balaban J connectivity index is 1.81. The number of nitrogens with zero attached hydrogens (tertiary/aromatic N) is 2. The fourth-order valence-electron chi connectivity index (χ4n) is 2.19. The summed E-state index contributed by atoms with van der Waals surface area (Å²) < 4.78 is 5.30. The molecule has 0 aliphatic rings.